The van der Waals surface area contributed by atoms with Crippen molar-refractivity contribution in [1.82, 2.24) is 4.57 Å². The van der Waals surface area contributed by atoms with Gasteiger partial charge in [0.1, 0.15) is 0 Å². The van der Waals surface area contributed by atoms with Gasteiger partial charge in [0.05, 0.1) is 16.8 Å². The number of aromatic nitrogens is 1. The molecule has 3 aromatic rings. The zero-order chi connectivity index (χ0) is 17.8. The van der Waals surface area contributed by atoms with Gasteiger partial charge in [-0.2, -0.15) is 0 Å². The fourth-order valence-electron chi connectivity index (χ4n) is 3.38. The molecular weight excluding hydrogens is 314 g/mol. The molecule has 0 spiro atoms. The predicted molar refractivity (Wildman–Crippen MR) is 100 cm³/mol. The molecule has 1 aromatic heterocycles. The van der Waals surface area contributed by atoms with E-state index in [2.05, 4.69) is 30.5 Å². The van der Waals surface area contributed by atoms with Crippen LogP contribution >= 0.6 is 0 Å². The van der Waals surface area contributed by atoms with Crippen LogP contribution in [0.3, 0.4) is 0 Å². The molecule has 0 unspecified atom stereocenters. The van der Waals surface area contributed by atoms with Crippen LogP contribution in [-0.4, -0.2) is 24.8 Å². The van der Waals surface area contributed by atoms with E-state index in [9.17, 15) is 4.79 Å². The molecule has 0 saturated carbocycles. The van der Waals surface area contributed by atoms with Crippen molar-refractivity contribution in [3.63, 3.8) is 0 Å². The highest BCUT2D eigenvalue weighted by Gasteiger charge is 2.20. The first-order valence-electron chi connectivity index (χ1n) is 8.51. The third kappa shape index (κ3) is 3.05. The van der Waals surface area contributed by atoms with Crippen molar-refractivity contribution >= 4 is 17.2 Å². The largest absolute Gasteiger partial charge is 0.465 e. The number of ether oxygens (including phenoxy) is 2. The smallest absolute Gasteiger partial charge is 0.188 e. The Balaban J connectivity index is 2.36. The van der Waals surface area contributed by atoms with Crippen LogP contribution in [0.1, 0.15) is 29.3 Å². The van der Waals surface area contributed by atoms with Gasteiger partial charge in [-0.1, -0.05) is 43.3 Å². The van der Waals surface area contributed by atoms with Gasteiger partial charge in [-0.25, -0.2) is 0 Å². The number of methoxy groups -OCH3 is 1. The fourth-order valence-corrected chi connectivity index (χ4v) is 3.38. The van der Waals surface area contributed by atoms with Gasteiger partial charge >= 0.3 is 0 Å². The van der Waals surface area contributed by atoms with Crippen LogP contribution in [0.5, 0.6) is 5.75 Å². The molecule has 130 valence electrons. The summed E-state index contributed by atoms with van der Waals surface area (Å²) < 4.78 is 13.1. The number of benzene rings is 2. The van der Waals surface area contributed by atoms with E-state index < -0.39 is 0 Å². The first-order chi connectivity index (χ1) is 12.2. The first kappa shape index (κ1) is 17.2. The Kier molecular flexibility index (Phi) is 5.19. The Hall–Kier alpha value is -2.59. The van der Waals surface area contributed by atoms with Crippen LogP contribution in [0.25, 0.3) is 22.2 Å². The van der Waals surface area contributed by atoms with Crippen LogP contribution in [-0.2, 0) is 11.3 Å². The third-order valence-electron chi connectivity index (χ3n) is 4.40. The summed E-state index contributed by atoms with van der Waals surface area (Å²) in [5.41, 5.74) is 5.02. The maximum atomic E-state index is 11.5. The van der Waals surface area contributed by atoms with Gasteiger partial charge in [0.25, 0.3) is 0 Å². The van der Waals surface area contributed by atoms with Crippen LogP contribution in [0.4, 0.5) is 0 Å². The number of hydrogen-bond donors (Lipinski definition) is 0. The van der Waals surface area contributed by atoms with Gasteiger partial charge in [0, 0.05) is 19.0 Å². The van der Waals surface area contributed by atoms with E-state index in [1.807, 2.05) is 30.3 Å². The van der Waals surface area contributed by atoms with Crippen molar-refractivity contribution in [3.8, 4) is 17.0 Å². The van der Waals surface area contributed by atoms with E-state index in [0.717, 1.165) is 35.7 Å². The molecule has 0 amide bonds. The van der Waals surface area contributed by atoms with Crippen LogP contribution in [0.2, 0.25) is 0 Å². The van der Waals surface area contributed by atoms with Gasteiger partial charge in [-0.15, -0.1) is 0 Å². The van der Waals surface area contributed by atoms with E-state index >= 15 is 0 Å². The number of rotatable bonds is 7. The Morgan fingerprint density at radius 3 is 2.52 bits per heavy atom. The topological polar surface area (TPSA) is 40.5 Å². The quantitative estimate of drug-likeness (QED) is 0.458. The number of aldehydes is 1. The minimum Gasteiger partial charge on any atom is -0.465 e. The molecule has 0 atom stereocenters. The lowest BCUT2D eigenvalue weighted by atomic mass is 10.1. The van der Waals surface area contributed by atoms with Crippen LogP contribution < -0.4 is 4.74 Å². The van der Waals surface area contributed by atoms with Crippen molar-refractivity contribution in [1.29, 1.82) is 0 Å². The highest BCUT2D eigenvalue weighted by atomic mass is 16.7. The second-order valence-corrected chi connectivity index (χ2v) is 6.04. The summed E-state index contributed by atoms with van der Waals surface area (Å²) >= 11 is 0. The normalized spacial score (nSPS) is 11.0. The summed E-state index contributed by atoms with van der Waals surface area (Å²) in [6.45, 7) is 5.23. The summed E-state index contributed by atoms with van der Waals surface area (Å²) in [7, 11) is 1.58. The first-order valence-corrected chi connectivity index (χ1v) is 8.51. The van der Waals surface area contributed by atoms with Gasteiger partial charge in [0.15, 0.2) is 18.8 Å². The third-order valence-corrected chi connectivity index (χ3v) is 4.40. The summed E-state index contributed by atoms with van der Waals surface area (Å²) in [5, 5.41) is 1.10. The standard InChI is InChI=1S/C21H23NO3/c1-4-12-22-19(16-8-6-5-7-9-16)15(2)18-11-10-17(13-23)21(20(18)22)25-14-24-3/h5-11,13H,4,12,14H2,1-3H3. The van der Waals surface area contributed by atoms with Crippen LogP contribution in [0, 0.1) is 6.92 Å². The van der Waals surface area contributed by atoms with Crippen molar-refractivity contribution in [3.05, 3.63) is 53.6 Å². The Morgan fingerprint density at radius 1 is 1.12 bits per heavy atom. The molecule has 0 fully saturated rings. The second-order valence-electron chi connectivity index (χ2n) is 6.04. The monoisotopic (exact) mass is 337 g/mol. The minimum atomic E-state index is 0.108. The van der Waals surface area contributed by atoms with E-state index in [0.29, 0.717) is 11.3 Å². The Morgan fingerprint density at radius 2 is 1.88 bits per heavy atom. The van der Waals surface area contributed by atoms with Crippen molar-refractivity contribution in [2.24, 2.45) is 0 Å². The molecular formula is C21H23NO3. The fraction of sp³-hybridized carbons (Fsp3) is 0.286. The summed E-state index contributed by atoms with van der Waals surface area (Å²) in [6.07, 6.45) is 1.82. The molecule has 0 aliphatic rings. The Bertz CT molecular complexity index is 881. The van der Waals surface area contributed by atoms with E-state index in [1.165, 1.54) is 11.3 Å². The molecule has 1 heterocycles. The van der Waals surface area contributed by atoms with Gasteiger partial charge in [0.2, 0.25) is 0 Å². The number of hydrogen-bond acceptors (Lipinski definition) is 3. The minimum absolute atomic E-state index is 0.108. The molecule has 4 nitrogen and oxygen atoms in total. The van der Waals surface area contributed by atoms with E-state index in [4.69, 9.17) is 9.47 Å². The lowest BCUT2D eigenvalue weighted by Crippen LogP contribution is -2.06. The lowest BCUT2D eigenvalue weighted by Gasteiger charge is -2.14. The lowest BCUT2D eigenvalue weighted by molar-refractivity contribution is 0.0514. The predicted octanol–water partition coefficient (Wildman–Crippen LogP) is 4.82. The molecule has 25 heavy (non-hydrogen) atoms. The van der Waals surface area contributed by atoms with Crippen molar-refractivity contribution in [2.45, 2.75) is 26.8 Å². The number of aryl methyl sites for hydroxylation is 2. The average Bonchev–Trinajstić information content (AvgIpc) is 2.93. The summed E-state index contributed by atoms with van der Waals surface area (Å²) in [5.74, 6) is 0.591. The summed E-state index contributed by atoms with van der Waals surface area (Å²) in [4.78, 5) is 11.5. The Labute approximate surface area is 148 Å². The molecule has 0 aliphatic heterocycles. The average molecular weight is 337 g/mol. The number of nitrogens with zero attached hydrogens (tertiary/aromatic N) is 1. The zero-order valence-corrected chi connectivity index (χ0v) is 14.9. The van der Waals surface area contributed by atoms with Crippen molar-refractivity contribution in [2.75, 3.05) is 13.9 Å². The molecule has 0 N–H and O–H groups in total. The van der Waals surface area contributed by atoms with Crippen LogP contribution in [0.15, 0.2) is 42.5 Å². The summed E-state index contributed by atoms with van der Waals surface area (Å²) in [6, 6.07) is 14.2. The molecule has 4 heteroatoms. The molecule has 0 aliphatic carbocycles. The van der Waals surface area contributed by atoms with Crippen molar-refractivity contribution < 1.29 is 14.3 Å². The van der Waals surface area contributed by atoms with Gasteiger partial charge < -0.3 is 14.0 Å². The molecule has 0 bridgehead atoms. The maximum Gasteiger partial charge on any atom is 0.188 e. The number of fused-ring (bicyclic) bond motifs is 1. The molecule has 0 radical (unpaired) electrons. The molecule has 0 saturated heterocycles. The number of carbonyl (C=O) groups excluding carboxylic acids is 1. The van der Waals surface area contributed by atoms with Gasteiger partial charge in [-0.05, 0) is 30.5 Å². The highest BCUT2D eigenvalue weighted by Crippen LogP contribution is 2.39. The second kappa shape index (κ2) is 7.53. The van der Waals surface area contributed by atoms with E-state index in [1.54, 1.807) is 7.11 Å². The molecule has 2 aromatic carbocycles. The highest BCUT2D eigenvalue weighted by molar-refractivity contribution is 6.00. The SMILES string of the molecule is CCCn1c(-c2ccccc2)c(C)c2ccc(C=O)c(OCOC)c21. The molecule has 3 rings (SSSR count). The zero-order valence-electron chi connectivity index (χ0n) is 14.9. The maximum absolute atomic E-state index is 11.5. The number of carbonyl (C=O) groups is 1. The van der Waals surface area contributed by atoms with E-state index in [-0.39, 0.29) is 6.79 Å². The van der Waals surface area contributed by atoms with Gasteiger partial charge in [-0.3, -0.25) is 4.79 Å².